The molecule has 2 aromatic rings. The smallest absolute Gasteiger partial charge is 0.265 e. The second-order valence-corrected chi connectivity index (χ2v) is 10.3. The number of sulfonamides is 1. The number of amides is 2. The van der Waals surface area contributed by atoms with Crippen molar-refractivity contribution < 1.29 is 27.1 Å². The Kier molecular flexibility index (Phi) is 6.40. The summed E-state index contributed by atoms with van der Waals surface area (Å²) in [5.41, 5.74) is 1.75. The number of benzene rings is 2. The van der Waals surface area contributed by atoms with Crippen LogP contribution in [0.5, 0.6) is 5.75 Å². The molecular weight excluding hydrogens is 449 g/mol. The van der Waals surface area contributed by atoms with Gasteiger partial charge in [0.2, 0.25) is 15.9 Å². The summed E-state index contributed by atoms with van der Waals surface area (Å²) in [6.45, 7) is 4.01. The lowest BCUT2D eigenvalue weighted by Gasteiger charge is -2.31. The van der Waals surface area contributed by atoms with Crippen molar-refractivity contribution >= 4 is 27.5 Å². The number of anilines is 1. The number of fused-ring (bicyclic) bond motifs is 1. The van der Waals surface area contributed by atoms with Crippen LogP contribution in [0.3, 0.4) is 0 Å². The summed E-state index contributed by atoms with van der Waals surface area (Å²) in [6.07, 6.45) is 0.101. The van der Waals surface area contributed by atoms with E-state index in [4.69, 9.17) is 4.74 Å². The lowest BCUT2D eigenvalue weighted by atomic mass is 9.97. The summed E-state index contributed by atoms with van der Waals surface area (Å²) in [7, 11) is -3.79. The molecule has 1 unspecified atom stereocenters. The molecule has 0 aromatic heterocycles. The van der Waals surface area contributed by atoms with Gasteiger partial charge in [-0.1, -0.05) is 12.1 Å². The van der Waals surface area contributed by atoms with E-state index in [0.717, 1.165) is 5.56 Å². The van der Waals surface area contributed by atoms with Crippen molar-refractivity contribution in [3.63, 3.8) is 0 Å². The molecule has 0 bridgehead atoms. The molecule has 0 aliphatic carbocycles. The van der Waals surface area contributed by atoms with E-state index in [1.807, 2.05) is 0 Å². The molecule has 0 saturated carbocycles. The molecular formula is C23H26FN3O5S. The lowest BCUT2D eigenvalue weighted by Crippen LogP contribution is -2.43. The predicted molar refractivity (Wildman–Crippen MR) is 120 cm³/mol. The largest absolute Gasteiger partial charge is 0.479 e. The van der Waals surface area contributed by atoms with Crippen LogP contribution in [0, 0.1) is 18.7 Å². The normalized spacial score (nSPS) is 19.4. The van der Waals surface area contributed by atoms with Gasteiger partial charge in [-0.05, 0) is 56.0 Å². The average Bonchev–Trinajstić information content (AvgIpc) is 2.79. The molecule has 0 radical (unpaired) electrons. The fraction of sp³-hybridized carbons (Fsp3) is 0.391. The van der Waals surface area contributed by atoms with Gasteiger partial charge in [0.15, 0.2) is 6.10 Å². The first-order valence-electron chi connectivity index (χ1n) is 10.8. The molecule has 10 heteroatoms. The van der Waals surface area contributed by atoms with E-state index in [1.165, 1.54) is 22.5 Å². The summed E-state index contributed by atoms with van der Waals surface area (Å²) in [5, 5.41) is 5.56. The van der Waals surface area contributed by atoms with Crippen molar-refractivity contribution in [2.75, 3.05) is 18.4 Å². The molecule has 4 rings (SSSR count). The number of piperidine rings is 1. The Hall–Kier alpha value is -2.98. The molecule has 33 heavy (non-hydrogen) atoms. The van der Waals surface area contributed by atoms with Gasteiger partial charge in [0.1, 0.15) is 11.6 Å². The van der Waals surface area contributed by atoms with Crippen LogP contribution < -0.4 is 15.4 Å². The maximum absolute atomic E-state index is 13.3. The van der Waals surface area contributed by atoms with E-state index in [0.29, 0.717) is 36.4 Å². The van der Waals surface area contributed by atoms with Gasteiger partial charge in [0.05, 0.1) is 10.6 Å². The molecule has 8 nitrogen and oxygen atoms in total. The van der Waals surface area contributed by atoms with Crippen molar-refractivity contribution in [3.05, 3.63) is 53.3 Å². The number of carbonyl (C=O) groups is 2. The second-order valence-electron chi connectivity index (χ2n) is 8.39. The SMILES string of the molecule is Cc1cc2c(cc1S(=O)(=O)N1CCC(C(=O)NCc3ccc(F)cc3)CC1)OC(C)C(=O)N2. The third-order valence-electron chi connectivity index (χ3n) is 6.03. The van der Waals surface area contributed by atoms with Gasteiger partial charge in [0.25, 0.3) is 5.91 Å². The molecule has 0 spiro atoms. The fourth-order valence-corrected chi connectivity index (χ4v) is 5.75. The number of hydrogen-bond donors (Lipinski definition) is 2. The monoisotopic (exact) mass is 475 g/mol. The minimum absolute atomic E-state index is 0.129. The molecule has 2 N–H and O–H groups in total. The quantitative estimate of drug-likeness (QED) is 0.692. The molecule has 2 aliphatic rings. The minimum Gasteiger partial charge on any atom is -0.479 e. The number of nitrogens with zero attached hydrogens (tertiary/aromatic N) is 1. The molecule has 1 saturated heterocycles. The number of halogens is 1. The zero-order valence-corrected chi connectivity index (χ0v) is 19.2. The van der Waals surface area contributed by atoms with Crippen LogP contribution in [0.15, 0.2) is 41.3 Å². The van der Waals surface area contributed by atoms with Gasteiger partial charge in [-0.2, -0.15) is 4.31 Å². The highest BCUT2D eigenvalue weighted by Crippen LogP contribution is 2.36. The summed E-state index contributed by atoms with van der Waals surface area (Å²) >= 11 is 0. The zero-order chi connectivity index (χ0) is 23.8. The first kappa shape index (κ1) is 23.2. The first-order chi connectivity index (χ1) is 15.6. The maximum atomic E-state index is 13.3. The third kappa shape index (κ3) is 4.86. The summed E-state index contributed by atoms with van der Waals surface area (Å²) < 4.78 is 46.6. The van der Waals surface area contributed by atoms with E-state index in [9.17, 15) is 22.4 Å². The standard InChI is InChI=1S/C23H26FN3O5S/c1-14-11-19-20(32-15(2)22(28)26-19)12-21(14)33(30,31)27-9-7-17(8-10-27)23(29)25-13-16-3-5-18(24)6-4-16/h3-6,11-12,15,17H,7-10,13H2,1-2H3,(H,25,29)(H,26,28). The second kappa shape index (κ2) is 9.11. The minimum atomic E-state index is -3.79. The van der Waals surface area contributed by atoms with Crippen molar-refractivity contribution in [2.45, 2.75) is 44.2 Å². The van der Waals surface area contributed by atoms with Crippen LogP contribution in [0.25, 0.3) is 0 Å². The number of aryl methyl sites for hydroxylation is 1. The van der Waals surface area contributed by atoms with Crippen LogP contribution in [0.2, 0.25) is 0 Å². The topological polar surface area (TPSA) is 105 Å². The Labute approximate surface area is 192 Å². The third-order valence-corrected chi connectivity index (χ3v) is 8.07. The summed E-state index contributed by atoms with van der Waals surface area (Å²) in [5.74, 6) is -0.724. The van der Waals surface area contributed by atoms with Gasteiger partial charge in [-0.25, -0.2) is 12.8 Å². The molecule has 2 heterocycles. The molecule has 2 aliphatic heterocycles. The number of nitrogens with one attached hydrogen (secondary N) is 2. The van der Waals surface area contributed by atoms with Crippen molar-refractivity contribution in [2.24, 2.45) is 5.92 Å². The lowest BCUT2D eigenvalue weighted by molar-refractivity contribution is -0.126. The highest BCUT2D eigenvalue weighted by Gasteiger charge is 2.34. The molecule has 1 fully saturated rings. The Balaban J connectivity index is 1.40. The van der Waals surface area contributed by atoms with E-state index in [2.05, 4.69) is 10.6 Å². The Morgan fingerprint density at radius 3 is 2.55 bits per heavy atom. The zero-order valence-electron chi connectivity index (χ0n) is 18.4. The molecule has 2 aromatic carbocycles. The van der Waals surface area contributed by atoms with Crippen molar-refractivity contribution in [3.8, 4) is 5.75 Å². The Bertz CT molecular complexity index is 1180. The highest BCUT2D eigenvalue weighted by molar-refractivity contribution is 7.89. The van der Waals surface area contributed by atoms with Crippen LogP contribution >= 0.6 is 0 Å². The first-order valence-corrected chi connectivity index (χ1v) is 12.2. The van der Waals surface area contributed by atoms with Gasteiger partial charge in [-0.3, -0.25) is 9.59 Å². The average molecular weight is 476 g/mol. The fourth-order valence-electron chi connectivity index (χ4n) is 4.05. The summed E-state index contributed by atoms with van der Waals surface area (Å²) in [6, 6.07) is 8.96. The highest BCUT2D eigenvalue weighted by atomic mass is 32.2. The Morgan fingerprint density at radius 1 is 1.21 bits per heavy atom. The maximum Gasteiger partial charge on any atom is 0.265 e. The van der Waals surface area contributed by atoms with Crippen LogP contribution in [0.4, 0.5) is 10.1 Å². The van der Waals surface area contributed by atoms with E-state index < -0.39 is 16.1 Å². The number of hydrogen-bond acceptors (Lipinski definition) is 5. The number of ether oxygens (including phenoxy) is 1. The van der Waals surface area contributed by atoms with Crippen LogP contribution in [-0.4, -0.2) is 43.7 Å². The molecule has 1 atom stereocenters. The van der Waals surface area contributed by atoms with Gasteiger partial charge < -0.3 is 15.4 Å². The van der Waals surface area contributed by atoms with E-state index in [1.54, 1.807) is 32.0 Å². The molecule has 2 amide bonds. The van der Waals surface area contributed by atoms with Crippen molar-refractivity contribution in [1.29, 1.82) is 0 Å². The Morgan fingerprint density at radius 2 is 1.88 bits per heavy atom. The van der Waals surface area contributed by atoms with Gasteiger partial charge >= 0.3 is 0 Å². The van der Waals surface area contributed by atoms with Gasteiger partial charge in [0, 0.05) is 31.6 Å². The number of rotatable bonds is 5. The summed E-state index contributed by atoms with van der Waals surface area (Å²) in [4.78, 5) is 24.5. The predicted octanol–water partition coefficient (Wildman–Crippen LogP) is 2.57. The van der Waals surface area contributed by atoms with Crippen LogP contribution in [-0.2, 0) is 26.2 Å². The van der Waals surface area contributed by atoms with E-state index >= 15 is 0 Å². The van der Waals surface area contributed by atoms with Gasteiger partial charge in [-0.15, -0.1) is 0 Å². The number of carbonyl (C=O) groups excluding carboxylic acids is 2. The van der Waals surface area contributed by atoms with E-state index in [-0.39, 0.29) is 41.5 Å². The van der Waals surface area contributed by atoms with Crippen LogP contribution in [0.1, 0.15) is 30.9 Å². The molecule has 176 valence electrons. The van der Waals surface area contributed by atoms with Crippen molar-refractivity contribution in [1.82, 2.24) is 9.62 Å².